The molecule has 1 atom stereocenters. The maximum Gasteiger partial charge on any atom is 0.346 e. The van der Waals surface area contributed by atoms with Crippen molar-refractivity contribution in [2.45, 2.75) is 6.42 Å². The molecule has 3 aliphatic rings. The molecule has 1 fully saturated rings. The second-order valence-corrected chi connectivity index (χ2v) is 5.52. The number of carbonyl (C=O) groups is 5. The molecule has 0 aromatic heterocycles. The van der Waals surface area contributed by atoms with E-state index >= 15 is 0 Å². The van der Waals surface area contributed by atoms with Crippen molar-refractivity contribution < 1.29 is 33.4 Å². The van der Waals surface area contributed by atoms with Gasteiger partial charge in [-0.05, 0) is 24.6 Å². The first kappa shape index (κ1) is 14.3. The predicted octanol–water partition coefficient (Wildman–Crippen LogP) is 1.14. The largest absolute Gasteiger partial charge is 0.389 e. The molecule has 0 amide bonds. The average molecular weight is 324 g/mol. The van der Waals surface area contributed by atoms with Crippen LogP contribution in [0.4, 0.5) is 0 Å². The third-order valence-corrected chi connectivity index (χ3v) is 4.14. The van der Waals surface area contributed by atoms with Gasteiger partial charge in [0.15, 0.2) is 5.78 Å². The van der Waals surface area contributed by atoms with Gasteiger partial charge in [-0.25, -0.2) is 14.4 Å². The second kappa shape index (κ2) is 4.82. The number of ketones is 1. The molecule has 24 heavy (non-hydrogen) atoms. The molecule has 0 saturated carbocycles. The standard InChI is InChI=1S/C17H8O7/c18-13(7-1-3-9-11(5-7)16(21)23-14(9)19)8-2-4-10-12(6-8)17(22)24-15(10)20/h1-3,5-6,10H,4H2. The highest BCUT2D eigenvalue weighted by Gasteiger charge is 2.40. The molecule has 7 heteroatoms. The zero-order valence-corrected chi connectivity index (χ0v) is 12.0. The third-order valence-electron chi connectivity index (χ3n) is 4.14. The van der Waals surface area contributed by atoms with Crippen molar-refractivity contribution in [2.75, 3.05) is 0 Å². The quantitative estimate of drug-likeness (QED) is 0.456. The lowest BCUT2D eigenvalue weighted by molar-refractivity contribution is -0.152. The summed E-state index contributed by atoms with van der Waals surface area (Å²) in [7, 11) is 0. The van der Waals surface area contributed by atoms with Crippen LogP contribution >= 0.6 is 0 Å². The van der Waals surface area contributed by atoms with Crippen molar-refractivity contribution in [1.29, 1.82) is 0 Å². The number of hydrogen-bond acceptors (Lipinski definition) is 7. The van der Waals surface area contributed by atoms with Crippen molar-refractivity contribution in [1.82, 2.24) is 0 Å². The van der Waals surface area contributed by atoms with Crippen molar-refractivity contribution in [3.05, 3.63) is 58.2 Å². The van der Waals surface area contributed by atoms with Gasteiger partial charge in [-0.15, -0.1) is 0 Å². The minimum absolute atomic E-state index is 0.0308. The summed E-state index contributed by atoms with van der Waals surface area (Å²) >= 11 is 0. The Morgan fingerprint density at radius 3 is 2.50 bits per heavy atom. The average Bonchev–Trinajstić information content (AvgIpc) is 3.02. The maximum absolute atomic E-state index is 12.6. The number of ether oxygens (including phenoxy) is 2. The fourth-order valence-electron chi connectivity index (χ4n) is 2.90. The monoisotopic (exact) mass is 324 g/mol. The number of allylic oxidation sites excluding steroid dienone is 3. The highest BCUT2D eigenvalue weighted by molar-refractivity contribution is 6.18. The van der Waals surface area contributed by atoms with Crippen LogP contribution in [0.3, 0.4) is 0 Å². The summed E-state index contributed by atoms with van der Waals surface area (Å²) in [6.45, 7) is 0. The topological polar surface area (TPSA) is 104 Å². The number of hydrogen-bond donors (Lipinski definition) is 0. The predicted molar refractivity (Wildman–Crippen MR) is 75.9 cm³/mol. The summed E-state index contributed by atoms with van der Waals surface area (Å²) in [4.78, 5) is 58.7. The molecule has 1 saturated heterocycles. The van der Waals surface area contributed by atoms with Crippen LogP contribution in [0.25, 0.3) is 0 Å². The Labute approximate surface area is 134 Å². The van der Waals surface area contributed by atoms with Crippen molar-refractivity contribution in [3.8, 4) is 0 Å². The van der Waals surface area contributed by atoms with Crippen LogP contribution in [-0.4, -0.2) is 29.7 Å². The van der Waals surface area contributed by atoms with Crippen molar-refractivity contribution in [2.24, 2.45) is 5.92 Å². The smallest absolute Gasteiger partial charge is 0.346 e. The number of cyclic esters (lactones) is 4. The molecular formula is C17H8O7. The van der Waals surface area contributed by atoms with Crippen molar-refractivity contribution >= 4 is 29.7 Å². The Morgan fingerprint density at radius 1 is 0.958 bits per heavy atom. The molecular weight excluding hydrogens is 316 g/mol. The lowest BCUT2D eigenvalue weighted by atomic mass is 9.87. The highest BCUT2D eigenvalue weighted by atomic mass is 16.6. The molecule has 0 N–H and O–H groups in total. The maximum atomic E-state index is 12.6. The first-order valence-electron chi connectivity index (χ1n) is 7.09. The van der Waals surface area contributed by atoms with E-state index < -0.39 is 35.6 Å². The van der Waals surface area contributed by atoms with E-state index in [-0.39, 0.29) is 34.3 Å². The van der Waals surface area contributed by atoms with Crippen LogP contribution in [0, 0.1) is 5.92 Å². The number of Topliss-reactive ketones (excluding diaryl/α,β-unsaturated/α-hetero) is 1. The minimum atomic E-state index is -0.800. The number of esters is 4. The van der Waals surface area contributed by atoms with Crippen LogP contribution in [-0.2, 0) is 19.1 Å². The molecule has 0 radical (unpaired) electrons. The molecule has 1 unspecified atom stereocenters. The van der Waals surface area contributed by atoms with Gasteiger partial charge in [0.25, 0.3) is 0 Å². The Morgan fingerprint density at radius 2 is 1.71 bits per heavy atom. The summed E-state index contributed by atoms with van der Waals surface area (Å²) in [5.74, 6) is -4.00. The van der Waals surface area contributed by atoms with E-state index in [9.17, 15) is 24.0 Å². The van der Waals surface area contributed by atoms with Crippen molar-refractivity contribution in [3.63, 3.8) is 0 Å². The van der Waals surface area contributed by atoms with Crippen LogP contribution in [0.2, 0.25) is 0 Å². The number of fused-ring (bicyclic) bond motifs is 2. The van der Waals surface area contributed by atoms with Gasteiger partial charge in [0, 0.05) is 11.1 Å². The molecule has 1 aromatic rings. The van der Waals surface area contributed by atoms with Gasteiger partial charge in [0.2, 0.25) is 0 Å². The zero-order chi connectivity index (χ0) is 17.0. The Kier molecular flexibility index (Phi) is 2.86. The molecule has 1 aromatic carbocycles. The lowest BCUT2D eigenvalue weighted by Gasteiger charge is -2.12. The first-order valence-corrected chi connectivity index (χ1v) is 7.09. The van der Waals surface area contributed by atoms with Crippen LogP contribution in [0.5, 0.6) is 0 Å². The first-order chi connectivity index (χ1) is 11.5. The molecule has 118 valence electrons. The van der Waals surface area contributed by atoms with E-state index in [4.69, 9.17) is 0 Å². The normalized spacial score (nSPS) is 21.6. The summed E-state index contributed by atoms with van der Waals surface area (Å²) in [6, 6.07) is 4.04. The number of carbonyl (C=O) groups excluding carboxylic acids is 5. The molecule has 0 spiro atoms. The van der Waals surface area contributed by atoms with Crippen LogP contribution in [0.1, 0.15) is 37.5 Å². The molecule has 1 aliphatic carbocycles. The second-order valence-electron chi connectivity index (χ2n) is 5.52. The van der Waals surface area contributed by atoms with E-state index in [1.54, 1.807) is 6.08 Å². The third kappa shape index (κ3) is 1.95. The Balaban J connectivity index is 1.69. The van der Waals surface area contributed by atoms with Gasteiger partial charge in [0.1, 0.15) is 0 Å². The molecule has 2 heterocycles. The Bertz CT molecular complexity index is 932. The lowest BCUT2D eigenvalue weighted by Crippen LogP contribution is -2.14. The van der Waals surface area contributed by atoms with Gasteiger partial charge < -0.3 is 9.47 Å². The van der Waals surface area contributed by atoms with Crippen LogP contribution < -0.4 is 0 Å². The fourth-order valence-corrected chi connectivity index (χ4v) is 2.90. The van der Waals surface area contributed by atoms with E-state index in [2.05, 4.69) is 9.47 Å². The SMILES string of the molecule is O=C1OC(=O)C2CC=C(C(=O)c3ccc4c(c3)C(=O)OC4=O)C=C12. The highest BCUT2D eigenvalue weighted by Crippen LogP contribution is 2.33. The van der Waals surface area contributed by atoms with Crippen LogP contribution in [0.15, 0.2) is 41.5 Å². The Hall–Kier alpha value is -3.35. The molecule has 4 rings (SSSR count). The number of rotatable bonds is 2. The number of benzene rings is 1. The van der Waals surface area contributed by atoms with Gasteiger partial charge in [-0.3, -0.25) is 9.59 Å². The van der Waals surface area contributed by atoms with Gasteiger partial charge >= 0.3 is 23.9 Å². The van der Waals surface area contributed by atoms with E-state index in [1.165, 1.54) is 24.3 Å². The summed E-state index contributed by atoms with van der Waals surface area (Å²) in [6.07, 6.45) is 3.08. The summed E-state index contributed by atoms with van der Waals surface area (Å²) < 4.78 is 9.02. The van der Waals surface area contributed by atoms with E-state index in [1.807, 2.05) is 0 Å². The summed E-state index contributed by atoms with van der Waals surface area (Å²) in [5, 5.41) is 0. The van der Waals surface area contributed by atoms with Gasteiger partial charge in [-0.2, -0.15) is 0 Å². The molecule has 7 nitrogen and oxygen atoms in total. The zero-order valence-electron chi connectivity index (χ0n) is 12.0. The molecule has 2 aliphatic heterocycles. The van der Waals surface area contributed by atoms with Gasteiger partial charge in [-0.1, -0.05) is 12.1 Å². The minimum Gasteiger partial charge on any atom is -0.389 e. The van der Waals surface area contributed by atoms with E-state index in [0.717, 1.165) is 0 Å². The van der Waals surface area contributed by atoms with Gasteiger partial charge in [0.05, 0.1) is 22.6 Å². The van der Waals surface area contributed by atoms with E-state index in [0.29, 0.717) is 0 Å². The molecule has 0 bridgehead atoms. The fraction of sp³-hybridized carbons (Fsp3) is 0.118. The summed E-state index contributed by atoms with van der Waals surface area (Å²) in [5.41, 5.74) is 0.701.